The molecule has 0 saturated carbocycles. The van der Waals surface area contributed by atoms with E-state index in [1.807, 2.05) is 0 Å². The van der Waals surface area contributed by atoms with Gasteiger partial charge in [0.1, 0.15) is 0 Å². The Morgan fingerprint density at radius 2 is 1.86 bits per heavy atom. The predicted molar refractivity (Wildman–Crippen MR) is 31.4 cm³/mol. The molecular weight excluding hydrogens is 128 g/mol. The van der Waals surface area contributed by atoms with E-state index >= 15 is 0 Å². The molecule has 0 amide bonds. The average molecular weight is 143 g/mol. The van der Waals surface area contributed by atoms with Crippen LogP contribution < -0.4 is 0 Å². The van der Waals surface area contributed by atoms with Crippen LogP contribution in [0.1, 0.15) is 19.8 Å². The molecule has 0 aromatic heterocycles. The summed E-state index contributed by atoms with van der Waals surface area (Å²) < 4.78 is 0. The number of hydrogen-bond acceptors (Lipinski definition) is 0. The molecule has 0 aliphatic heterocycles. The fourth-order valence-corrected chi connectivity index (χ4v) is 1.55. The molecule has 0 radical (unpaired) electrons. The van der Waals surface area contributed by atoms with Crippen molar-refractivity contribution < 1.29 is 13.9 Å². The van der Waals surface area contributed by atoms with Crippen molar-refractivity contribution in [2.24, 2.45) is 0 Å². The maximum atomic E-state index is 2.36. The molecule has 0 aromatic rings. The van der Waals surface area contributed by atoms with Gasteiger partial charge in [-0.15, -0.1) is 0 Å². The van der Waals surface area contributed by atoms with Crippen molar-refractivity contribution in [3.05, 3.63) is 0 Å². The third kappa shape index (κ3) is 6.52. The normalized spacial score (nSPS) is 11.6. The van der Waals surface area contributed by atoms with Gasteiger partial charge in [-0.1, -0.05) is 0 Å². The monoisotopic (exact) mass is 143 g/mol. The third-order valence-corrected chi connectivity index (χ3v) is 2.33. The first-order valence-corrected chi connectivity index (χ1v) is 5.65. The van der Waals surface area contributed by atoms with Crippen LogP contribution in [0, 0.1) is 0 Å². The van der Waals surface area contributed by atoms with Crippen molar-refractivity contribution in [1.82, 2.24) is 0 Å². The Balaban J connectivity index is 2.68. The van der Waals surface area contributed by atoms with Crippen LogP contribution in [0.15, 0.2) is 0 Å². The Morgan fingerprint density at radius 3 is 2.00 bits per heavy atom. The van der Waals surface area contributed by atoms with Crippen molar-refractivity contribution in [1.29, 1.82) is 0 Å². The van der Waals surface area contributed by atoms with E-state index in [0.29, 0.717) is 0 Å². The number of hydrogen-bond donors (Lipinski definition) is 0. The molecule has 0 bridgehead atoms. The summed E-state index contributed by atoms with van der Waals surface area (Å²) in [6.45, 7) is 2.25. The summed E-state index contributed by atoms with van der Waals surface area (Å²) in [5.41, 5.74) is 0. The Labute approximate surface area is 51.2 Å². The van der Waals surface area contributed by atoms with E-state index in [-0.39, 0.29) is 13.9 Å². The Morgan fingerprint density at radius 1 is 1.29 bits per heavy atom. The maximum absolute atomic E-state index is 2.36. The molecule has 0 atom stereocenters. The zero-order valence-corrected chi connectivity index (χ0v) is 6.58. The molecule has 0 unspecified atom stereocenters. The third-order valence-electron chi connectivity index (χ3n) is 0.832. The zero-order chi connectivity index (χ0) is 5.70. The van der Waals surface area contributed by atoms with E-state index in [2.05, 4.69) is 18.6 Å². The van der Waals surface area contributed by atoms with E-state index in [1.165, 1.54) is 18.2 Å². The van der Waals surface area contributed by atoms with Crippen LogP contribution in [-0.4, -0.2) is 0 Å². The van der Waals surface area contributed by atoms with Crippen molar-refractivity contribution >= 4 is 0 Å². The van der Waals surface area contributed by atoms with Crippen molar-refractivity contribution in [3.8, 4) is 0 Å². The fraction of sp³-hybridized carbons (Fsp3) is 1.00. The van der Waals surface area contributed by atoms with Gasteiger partial charge in [-0.05, 0) is 0 Å². The van der Waals surface area contributed by atoms with Gasteiger partial charge < -0.3 is 0 Å². The molecule has 0 aliphatic carbocycles. The Kier molecular flexibility index (Phi) is 5.02. The first-order valence-electron chi connectivity index (χ1n) is 2.66. The quantitative estimate of drug-likeness (QED) is 0.532. The summed E-state index contributed by atoms with van der Waals surface area (Å²) in [7, 11) is 0. The van der Waals surface area contributed by atoms with Crippen LogP contribution in [-0.2, 0) is 13.9 Å². The Hall–Kier alpha value is 0.519. The van der Waals surface area contributed by atoms with Gasteiger partial charge in [0, 0.05) is 0 Å². The molecule has 0 N–H and O–H groups in total. The summed E-state index contributed by atoms with van der Waals surface area (Å²) >= 11 is 0.248. The van der Waals surface area contributed by atoms with Gasteiger partial charge in [0.05, 0.1) is 0 Å². The molecule has 0 aromatic carbocycles. The van der Waals surface area contributed by atoms with Gasteiger partial charge in [0.2, 0.25) is 0 Å². The molecule has 1 heteroatoms. The molecule has 47 valence electrons. The summed E-state index contributed by atoms with van der Waals surface area (Å²) in [6, 6.07) is 0. The fourth-order valence-electron chi connectivity index (χ4n) is 0.375. The van der Waals surface area contributed by atoms with E-state index < -0.39 is 0 Å². The van der Waals surface area contributed by atoms with Crippen LogP contribution in [0.2, 0.25) is 17.0 Å². The van der Waals surface area contributed by atoms with Crippen LogP contribution in [0.5, 0.6) is 0 Å². The number of unbranched alkanes of at least 4 members (excludes halogenated alkanes) is 1. The first kappa shape index (κ1) is 7.52. The summed E-state index contributed by atoms with van der Waals surface area (Å²) in [5.74, 6) is 4.71. The predicted octanol–water partition coefficient (Wildman–Crippen LogP) is 2.92. The summed E-state index contributed by atoms with van der Waals surface area (Å²) in [5, 5.41) is 1.48. The van der Waals surface area contributed by atoms with E-state index in [1.54, 1.807) is 0 Å². The summed E-state index contributed by atoms with van der Waals surface area (Å²) in [6.07, 6.45) is 2.80. The standard InChI is InChI=1S/C4H9.2CH3.Fe/c1-3-4-2;;;/h1,3-4H2,2H3;2*1H3;. The zero-order valence-electron chi connectivity index (χ0n) is 5.47. The first-order chi connectivity index (χ1) is 3.27. The average Bonchev–Trinajstić information content (AvgIpc) is 1.61. The van der Waals surface area contributed by atoms with Gasteiger partial charge in [-0.25, -0.2) is 0 Å². The van der Waals surface area contributed by atoms with Gasteiger partial charge in [-0.3, -0.25) is 0 Å². The second-order valence-corrected chi connectivity index (χ2v) is 5.10. The van der Waals surface area contributed by atoms with Gasteiger partial charge in [-0.2, -0.15) is 0 Å². The van der Waals surface area contributed by atoms with E-state index in [0.717, 1.165) is 0 Å². The topological polar surface area (TPSA) is 0 Å². The molecule has 0 saturated heterocycles. The van der Waals surface area contributed by atoms with Crippen molar-refractivity contribution in [2.75, 3.05) is 0 Å². The molecule has 0 spiro atoms. The van der Waals surface area contributed by atoms with E-state index in [4.69, 9.17) is 0 Å². The van der Waals surface area contributed by atoms with Crippen molar-refractivity contribution in [3.63, 3.8) is 0 Å². The SMILES string of the molecule is CCC[CH2][Fe]([CH3])[CH3]. The van der Waals surface area contributed by atoms with Crippen LogP contribution in [0.25, 0.3) is 0 Å². The molecular formula is C6H15Fe. The van der Waals surface area contributed by atoms with Crippen molar-refractivity contribution in [2.45, 2.75) is 36.7 Å². The molecule has 0 aliphatic rings. The molecule has 0 heterocycles. The second kappa shape index (κ2) is 4.67. The minimum atomic E-state index is 0.248. The minimum absolute atomic E-state index is 0.248. The van der Waals surface area contributed by atoms with Crippen LogP contribution in [0.3, 0.4) is 0 Å². The van der Waals surface area contributed by atoms with Gasteiger partial charge in [0.25, 0.3) is 0 Å². The molecule has 0 rings (SSSR count). The van der Waals surface area contributed by atoms with E-state index in [9.17, 15) is 0 Å². The van der Waals surface area contributed by atoms with Crippen LogP contribution in [0.4, 0.5) is 0 Å². The van der Waals surface area contributed by atoms with Crippen LogP contribution >= 0.6 is 0 Å². The molecule has 0 nitrogen and oxygen atoms in total. The molecule has 7 heavy (non-hydrogen) atoms. The molecule has 0 fully saturated rings. The summed E-state index contributed by atoms with van der Waals surface area (Å²) in [4.78, 5) is 0. The van der Waals surface area contributed by atoms with Gasteiger partial charge in [0.15, 0.2) is 0 Å². The number of rotatable bonds is 3. The second-order valence-electron chi connectivity index (χ2n) is 1.88. The Bertz CT molecular complexity index is 33.2. The van der Waals surface area contributed by atoms with Gasteiger partial charge >= 0.3 is 50.6 Å².